The molecule has 1 aliphatic carbocycles. The average molecular weight is 154 g/mol. The van der Waals surface area contributed by atoms with E-state index in [0.717, 1.165) is 24.5 Å². The van der Waals surface area contributed by atoms with Gasteiger partial charge in [-0.05, 0) is 31.1 Å². The molecule has 1 nitrogen and oxygen atoms in total. The minimum Gasteiger partial charge on any atom is -0.303 e. The van der Waals surface area contributed by atoms with Crippen molar-refractivity contribution in [2.45, 2.75) is 40.0 Å². The summed E-state index contributed by atoms with van der Waals surface area (Å²) in [5.74, 6) is 1.67. The molecule has 0 N–H and O–H groups in total. The van der Waals surface area contributed by atoms with Gasteiger partial charge in [0, 0.05) is 5.41 Å². The molecule has 0 aromatic heterocycles. The second-order valence-corrected chi connectivity index (χ2v) is 4.63. The Bertz CT molecular complexity index is 145. The fourth-order valence-corrected chi connectivity index (χ4v) is 1.71. The monoisotopic (exact) mass is 154 g/mol. The van der Waals surface area contributed by atoms with Gasteiger partial charge in [-0.1, -0.05) is 20.8 Å². The van der Waals surface area contributed by atoms with E-state index in [-0.39, 0.29) is 5.41 Å². The maximum atomic E-state index is 10.6. The molecule has 11 heavy (non-hydrogen) atoms. The quantitative estimate of drug-likeness (QED) is 0.569. The number of rotatable bonds is 4. The summed E-state index contributed by atoms with van der Waals surface area (Å²) in [7, 11) is 0. The zero-order valence-corrected chi connectivity index (χ0v) is 7.76. The topological polar surface area (TPSA) is 17.1 Å². The molecule has 0 aliphatic heterocycles. The van der Waals surface area contributed by atoms with Crippen LogP contribution < -0.4 is 0 Å². The van der Waals surface area contributed by atoms with Gasteiger partial charge < -0.3 is 4.79 Å². The second-order valence-electron chi connectivity index (χ2n) is 4.63. The Hall–Kier alpha value is -0.330. The molecular weight excluding hydrogens is 136 g/mol. The normalized spacial score (nSPS) is 21.4. The van der Waals surface area contributed by atoms with Crippen molar-refractivity contribution in [1.29, 1.82) is 0 Å². The van der Waals surface area contributed by atoms with Gasteiger partial charge in [0.2, 0.25) is 0 Å². The molecule has 1 unspecified atom stereocenters. The Kier molecular flexibility index (Phi) is 2.36. The van der Waals surface area contributed by atoms with Crippen LogP contribution in [-0.4, -0.2) is 6.29 Å². The van der Waals surface area contributed by atoms with Crippen molar-refractivity contribution in [3.05, 3.63) is 0 Å². The number of carbonyl (C=O) groups excluding carboxylic acids is 1. The van der Waals surface area contributed by atoms with Crippen LogP contribution in [0.15, 0.2) is 0 Å². The number of aldehydes is 1. The molecular formula is C10H18O. The molecule has 0 saturated heterocycles. The van der Waals surface area contributed by atoms with E-state index in [1.165, 1.54) is 12.8 Å². The van der Waals surface area contributed by atoms with Crippen LogP contribution in [-0.2, 0) is 4.79 Å². The van der Waals surface area contributed by atoms with Crippen LogP contribution in [0.3, 0.4) is 0 Å². The Balaban J connectivity index is 2.32. The molecule has 0 heterocycles. The predicted octanol–water partition coefficient (Wildman–Crippen LogP) is 2.65. The highest BCUT2D eigenvalue weighted by molar-refractivity contribution is 5.57. The van der Waals surface area contributed by atoms with E-state index in [4.69, 9.17) is 0 Å². The number of carbonyl (C=O) groups is 1. The Morgan fingerprint density at radius 1 is 1.55 bits per heavy atom. The van der Waals surface area contributed by atoms with Crippen LogP contribution in [0.4, 0.5) is 0 Å². The molecule has 0 amide bonds. The summed E-state index contributed by atoms with van der Waals surface area (Å²) in [4.78, 5) is 10.6. The zero-order chi connectivity index (χ0) is 8.48. The zero-order valence-electron chi connectivity index (χ0n) is 7.76. The Morgan fingerprint density at radius 3 is 2.45 bits per heavy atom. The lowest BCUT2D eigenvalue weighted by Gasteiger charge is -2.21. The Morgan fingerprint density at radius 2 is 2.09 bits per heavy atom. The van der Waals surface area contributed by atoms with Gasteiger partial charge >= 0.3 is 0 Å². The highest BCUT2D eigenvalue weighted by atomic mass is 16.1. The Labute approximate surface area is 69.2 Å². The highest BCUT2D eigenvalue weighted by Gasteiger charge is 2.31. The third-order valence-electron chi connectivity index (χ3n) is 2.59. The summed E-state index contributed by atoms with van der Waals surface area (Å²) in [6.45, 7) is 6.32. The summed E-state index contributed by atoms with van der Waals surface area (Å²) in [6.07, 6.45) is 4.92. The molecule has 0 bridgehead atoms. The molecule has 1 aliphatic rings. The first-order valence-electron chi connectivity index (χ1n) is 4.51. The van der Waals surface area contributed by atoms with Crippen LogP contribution in [0, 0.1) is 17.3 Å². The van der Waals surface area contributed by atoms with Crippen LogP contribution in [0.1, 0.15) is 40.0 Å². The summed E-state index contributed by atoms with van der Waals surface area (Å²) < 4.78 is 0. The van der Waals surface area contributed by atoms with E-state index in [2.05, 4.69) is 6.92 Å². The number of hydrogen-bond donors (Lipinski definition) is 0. The minimum atomic E-state index is -0.0952. The van der Waals surface area contributed by atoms with E-state index in [0.29, 0.717) is 0 Å². The first kappa shape index (κ1) is 8.76. The van der Waals surface area contributed by atoms with Gasteiger partial charge in [-0.15, -0.1) is 0 Å². The van der Waals surface area contributed by atoms with E-state index < -0.39 is 0 Å². The maximum absolute atomic E-state index is 10.6. The van der Waals surface area contributed by atoms with Crippen molar-refractivity contribution >= 4 is 6.29 Å². The summed E-state index contributed by atoms with van der Waals surface area (Å²) >= 11 is 0. The molecule has 1 fully saturated rings. The minimum absolute atomic E-state index is 0.0952. The van der Waals surface area contributed by atoms with Gasteiger partial charge in [0.15, 0.2) is 0 Å². The largest absolute Gasteiger partial charge is 0.303 e. The first-order chi connectivity index (χ1) is 5.05. The highest BCUT2D eigenvalue weighted by Crippen LogP contribution is 2.41. The van der Waals surface area contributed by atoms with Crippen molar-refractivity contribution in [3.8, 4) is 0 Å². The molecule has 64 valence electrons. The van der Waals surface area contributed by atoms with Crippen molar-refractivity contribution in [2.75, 3.05) is 0 Å². The van der Waals surface area contributed by atoms with Crippen LogP contribution in [0.5, 0.6) is 0 Å². The van der Waals surface area contributed by atoms with Crippen LogP contribution in [0.2, 0.25) is 0 Å². The molecule has 0 spiro atoms. The fourth-order valence-electron chi connectivity index (χ4n) is 1.71. The van der Waals surface area contributed by atoms with E-state index in [1.807, 2.05) is 13.8 Å². The summed E-state index contributed by atoms with van der Waals surface area (Å²) in [5.41, 5.74) is -0.0952. The van der Waals surface area contributed by atoms with Crippen LogP contribution in [0.25, 0.3) is 0 Å². The summed E-state index contributed by atoms with van der Waals surface area (Å²) in [6, 6.07) is 0. The standard InChI is InChI=1S/C10H18O/c1-8(9-4-5-9)6-10(2,3)7-11/h7-9H,4-6H2,1-3H3. The maximum Gasteiger partial charge on any atom is 0.125 e. The molecule has 1 rings (SSSR count). The van der Waals surface area contributed by atoms with E-state index in [9.17, 15) is 4.79 Å². The van der Waals surface area contributed by atoms with Crippen molar-refractivity contribution in [3.63, 3.8) is 0 Å². The lowest BCUT2D eigenvalue weighted by molar-refractivity contribution is -0.115. The van der Waals surface area contributed by atoms with Gasteiger partial charge in [0.25, 0.3) is 0 Å². The fraction of sp³-hybridized carbons (Fsp3) is 0.900. The van der Waals surface area contributed by atoms with Crippen LogP contribution >= 0.6 is 0 Å². The van der Waals surface area contributed by atoms with Gasteiger partial charge in [-0.2, -0.15) is 0 Å². The van der Waals surface area contributed by atoms with E-state index in [1.54, 1.807) is 0 Å². The smallest absolute Gasteiger partial charge is 0.125 e. The molecule has 1 saturated carbocycles. The molecule has 1 heteroatoms. The summed E-state index contributed by atoms with van der Waals surface area (Å²) in [5, 5.41) is 0. The first-order valence-corrected chi connectivity index (χ1v) is 4.51. The second kappa shape index (κ2) is 2.96. The third kappa shape index (κ3) is 2.64. The molecule has 0 aromatic carbocycles. The van der Waals surface area contributed by atoms with Crippen molar-refractivity contribution in [2.24, 2.45) is 17.3 Å². The van der Waals surface area contributed by atoms with Gasteiger partial charge in [-0.25, -0.2) is 0 Å². The van der Waals surface area contributed by atoms with Gasteiger partial charge in [-0.3, -0.25) is 0 Å². The van der Waals surface area contributed by atoms with E-state index >= 15 is 0 Å². The average Bonchev–Trinajstić information content (AvgIpc) is 2.67. The van der Waals surface area contributed by atoms with Crippen molar-refractivity contribution < 1.29 is 4.79 Å². The predicted molar refractivity (Wildman–Crippen MR) is 46.4 cm³/mol. The van der Waals surface area contributed by atoms with Gasteiger partial charge in [0.05, 0.1) is 0 Å². The lowest BCUT2D eigenvalue weighted by atomic mass is 9.83. The third-order valence-corrected chi connectivity index (χ3v) is 2.59. The van der Waals surface area contributed by atoms with Crippen molar-refractivity contribution in [1.82, 2.24) is 0 Å². The molecule has 0 aromatic rings. The van der Waals surface area contributed by atoms with Gasteiger partial charge in [0.1, 0.15) is 6.29 Å². The SMILES string of the molecule is CC(CC(C)(C)C=O)C1CC1. The number of hydrogen-bond acceptors (Lipinski definition) is 1. The molecule has 1 atom stereocenters. The molecule has 0 radical (unpaired) electrons. The lowest BCUT2D eigenvalue weighted by Crippen LogP contribution is -2.17.